The second-order valence-electron chi connectivity index (χ2n) is 11.0. The van der Waals surface area contributed by atoms with Crippen molar-refractivity contribution >= 4 is 42.3 Å². The average Bonchev–Trinajstić information content (AvgIpc) is 3.59. The molecule has 3 aliphatic rings. The molecule has 0 aromatic carbocycles. The van der Waals surface area contributed by atoms with E-state index in [9.17, 15) is 19.8 Å². The van der Waals surface area contributed by atoms with Gasteiger partial charge in [-0.1, -0.05) is 66.3 Å². The van der Waals surface area contributed by atoms with Crippen LogP contribution in [0, 0.1) is 13.8 Å². The van der Waals surface area contributed by atoms with E-state index >= 15 is 0 Å². The summed E-state index contributed by atoms with van der Waals surface area (Å²) in [6, 6.07) is -0.542. The monoisotopic (exact) mass is 620 g/mol. The van der Waals surface area contributed by atoms with Crippen molar-refractivity contribution in [3.63, 3.8) is 0 Å². The molecule has 2 atom stereocenters. The minimum absolute atomic E-state index is 0. The first kappa shape index (κ1) is 31.7. The molecule has 9 heteroatoms. The number of hydrogen-bond donors (Lipinski definition) is 2. The van der Waals surface area contributed by atoms with Crippen molar-refractivity contribution in [2.45, 2.75) is 65.5 Å². The molecular formula is C34H36FeN4O4-4. The zero-order valence-corrected chi connectivity index (χ0v) is 26.1. The van der Waals surface area contributed by atoms with E-state index in [0.29, 0.717) is 11.8 Å². The van der Waals surface area contributed by atoms with E-state index in [-0.39, 0.29) is 48.4 Å². The fourth-order valence-electron chi connectivity index (χ4n) is 6.12. The van der Waals surface area contributed by atoms with Gasteiger partial charge in [0.2, 0.25) is 0 Å². The van der Waals surface area contributed by atoms with Gasteiger partial charge in [0.25, 0.3) is 0 Å². The van der Waals surface area contributed by atoms with Crippen LogP contribution >= 0.6 is 0 Å². The predicted octanol–water partition coefficient (Wildman–Crippen LogP) is 0.255. The molecule has 228 valence electrons. The van der Waals surface area contributed by atoms with Gasteiger partial charge in [0.05, 0.1) is 12.1 Å². The Balaban J connectivity index is 0.00000423. The number of hydrogen-bond acceptors (Lipinski definition) is 6. The van der Waals surface area contributed by atoms with E-state index in [1.807, 2.05) is 64.2 Å². The molecule has 2 aromatic rings. The fraction of sp³-hybridized carbons (Fsp3) is 0.294. The number of aliphatic carboxylic acids is 2. The Hall–Kier alpha value is -4.20. The molecule has 8 nitrogen and oxygen atoms in total. The van der Waals surface area contributed by atoms with Gasteiger partial charge in [-0.15, -0.1) is 22.1 Å². The summed E-state index contributed by atoms with van der Waals surface area (Å²) in [7, 11) is 0. The molecule has 2 N–H and O–H groups in total. The van der Waals surface area contributed by atoms with E-state index < -0.39 is 11.9 Å². The van der Waals surface area contributed by atoms with E-state index in [0.717, 1.165) is 72.7 Å². The zero-order chi connectivity index (χ0) is 30.3. The molecule has 3 aliphatic heterocycles. The number of carboxylic acid groups (broad SMARTS) is 2. The second-order valence-corrected chi connectivity index (χ2v) is 11.0. The Kier molecular flexibility index (Phi) is 9.28. The average molecular weight is 621 g/mol. The van der Waals surface area contributed by atoms with Gasteiger partial charge in [0.15, 0.2) is 0 Å². The Morgan fingerprint density at radius 3 is 2.07 bits per heavy atom. The summed E-state index contributed by atoms with van der Waals surface area (Å²) in [5.41, 5.74) is 10.9. The van der Waals surface area contributed by atoms with Gasteiger partial charge in [-0.3, -0.25) is 0 Å². The molecule has 0 fully saturated rings. The third kappa shape index (κ3) is 6.01. The first-order valence-electron chi connectivity index (χ1n) is 14.1. The van der Waals surface area contributed by atoms with Crippen LogP contribution in [0.2, 0.25) is 0 Å². The van der Waals surface area contributed by atoms with Crippen LogP contribution in [0.15, 0.2) is 52.9 Å². The molecule has 5 rings (SSSR count). The summed E-state index contributed by atoms with van der Waals surface area (Å²) in [5, 5.41) is 31.4. The number of rotatable bonds is 8. The first-order chi connectivity index (χ1) is 20.0. The number of nitrogens with zero attached hydrogens (tertiary/aromatic N) is 2. The summed E-state index contributed by atoms with van der Waals surface area (Å²) < 4.78 is 0. The number of carbonyl (C=O) groups excluding carboxylic acids is 2. The van der Waals surface area contributed by atoms with Crippen molar-refractivity contribution < 1.29 is 36.9 Å². The van der Waals surface area contributed by atoms with E-state index in [1.54, 1.807) is 0 Å². The summed E-state index contributed by atoms with van der Waals surface area (Å²) >= 11 is 0. The third-order valence-corrected chi connectivity index (χ3v) is 8.56. The number of carbonyl (C=O) groups is 2. The van der Waals surface area contributed by atoms with Crippen LogP contribution in [0.5, 0.6) is 0 Å². The van der Waals surface area contributed by atoms with Crippen LogP contribution < -0.4 is 41.5 Å². The van der Waals surface area contributed by atoms with Crippen LogP contribution in [0.4, 0.5) is 0 Å². The quantitative estimate of drug-likeness (QED) is 0.402. The SMILES string of the molecule is C=CC1=C(C)C2=Cc3[n-]c(c(C)c3C=C)C=C3NC(C=c4[n-]c(c(C)c4CCC(=O)[O-])=CC1N2)C(CCC(=O)[O-])=C3C.[FeH2]. The molecule has 43 heavy (non-hydrogen) atoms. The summed E-state index contributed by atoms with van der Waals surface area (Å²) in [6.07, 6.45) is 12.0. The number of carboxylic acids is 2. The number of nitrogens with one attached hydrogen (secondary N) is 2. The summed E-state index contributed by atoms with van der Waals surface area (Å²) in [4.78, 5) is 32.8. The third-order valence-electron chi connectivity index (χ3n) is 8.56. The topological polar surface area (TPSA) is 133 Å². The Morgan fingerprint density at radius 2 is 1.42 bits per heavy atom. The Labute approximate surface area is 261 Å². The molecule has 2 unspecified atom stereocenters. The van der Waals surface area contributed by atoms with Crippen molar-refractivity contribution in [3.8, 4) is 0 Å². The predicted molar refractivity (Wildman–Crippen MR) is 163 cm³/mol. The van der Waals surface area contributed by atoms with Gasteiger partial charge in [-0.05, 0) is 81.2 Å². The van der Waals surface area contributed by atoms with Crippen LogP contribution in [-0.2, 0) is 33.1 Å². The van der Waals surface area contributed by atoms with Crippen molar-refractivity contribution in [3.05, 3.63) is 97.3 Å². The van der Waals surface area contributed by atoms with Crippen molar-refractivity contribution in [1.29, 1.82) is 0 Å². The molecule has 0 saturated heterocycles. The number of fused-ring (bicyclic) bond motifs is 8. The Morgan fingerprint density at radius 1 is 0.814 bits per heavy atom. The maximum atomic E-state index is 11.4. The van der Waals surface area contributed by atoms with Gasteiger partial charge in [0.1, 0.15) is 0 Å². The minimum atomic E-state index is -1.13. The normalized spacial score (nSPS) is 18.9. The van der Waals surface area contributed by atoms with Crippen LogP contribution in [-0.4, -0.2) is 24.0 Å². The molecule has 0 amide bonds. The molecule has 0 aliphatic carbocycles. The first-order valence-corrected chi connectivity index (χ1v) is 14.1. The standard InChI is InChI=1S/C34H36N4O4.Fe.2H/c1-7-21-17(3)25-13-26-19(5)23(9-11-33(39)40)31(37-26)16-32-24(10-12-34(41)42)20(6)28(38-32)15-30-22(8-2)18(4)27(36-30)14-29(21)35-25;;;/h7-8,13-16,30-31,36-37H,1-2,9-12H2,3-6H3,(H,39,40)(H,41,42);;;/q-2;;;/p-2. The fourth-order valence-corrected chi connectivity index (χ4v) is 6.12. The Bertz CT molecular complexity index is 1780. The molecule has 2 aromatic heterocycles. The van der Waals surface area contributed by atoms with Gasteiger partial charge >= 0.3 is 17.1 Å². The molecule has 0 saturated carbocycles. The van der Waals surface area contributed by atoms with Crippen LogP contribution in [0.1, 0.15) is 66.8 Å². The maximum absolute atomic E-state index is 11.4. The van der Waals surface area contributed by atoms with Crippen LogP contribution in [0.25, 0.3) is 30.4 Å². The van der Waals surface area contributed by atoms with E-state index in [1.165, 1.54) is 0 Å². The van der Waals surface area contributed by atoms with Crippen molar-refractivity contribution in [1.82, 2.24) is 20.6 Å². The van der Waals surface area contributed by atoms with Crippen LogP contribution in [0.3, 0.4) is 0 Å². The summed E-state index contributed by atoms with van der Waals surface area (Å²) in [5.74, 6) is -2.25. The van der Waals surface area contributed by atoms with Crippen molar-refractivity contribution in [2.24, 2.45) is 0 Å². The van der Waals surface area contributed by atoms with Gasteiger partial charge in [-0.2, -0.15) is 0 Å². The molecule has 0 spiro atoms. The van der Waals surface area contributed by atoms with Crippen molar-refractivity contribution in [2.75, 3.05) is 0 Å². The molecule has 5 heterocycles. The van der Waals surface area contributed by atoms with Gasteiger partial charge in [0, 0.05) is 23.3 Å². The molecule has 8 bridgehead atoms. The number of aromatic nitrogens is 2. The van der Waals surface area contributed by atoms with Gasteiger partial charge < -0.3 is 40.4 Å². The van der Waals surface area contributed by atoms with E-state index in [2.05, 4.69) is 23.8 Å². The zero-order valence-electron chi connectivity index (χ0n) is 24.8. The summed E-state index contributed by atoms with van der Waals surface area (Å²) in [6.45, 7) is 16.1. The second kappa shape index (κ2) is 12.6. The molecule has 0 radical (unpaired) electrons. The van der Waals surface area contributed by atoms with E-state index in [4.69, 9.17) is 9.97 Å². The number of allylic oxidation sites excluding steroid dienone is 2. The van der Waals surface area contributed by atoms with Gasteiger partial charge in [-0.25, -0.2) is 0 Å². The molecular weight excluding hydrogens is 584 g/mol.